The average Bonchev–Trinajstić information content (AvgIpc) is 2.44. The average molecular weight is 258 g/mol. The van der Waals surface area contributed by atoms with E-state index in [2.05, 4.69) is 43.3 Å². The Kier molecular flexibility index (Phi) is 3.96. The Morgan fingerprint density at radius 2 is 1.22 bits per heavy atom. The molecule has 0 bridgehead atoms. The first-order chi connectivity index (χ1) is 8.73. The molecule has 0 radical (unpaired) electrons. The molecular formula is C15H18O2Si. The Morgan fingerprint density at radius 3 is 1.72 bits per heavy atom. The molecule has 0 aromatic heterocycles. The van der Waals surface area contributed by atoms with Crippen molar-refractivity contribution in [1.29, 1.82) is 0 Å². The summed E-state index contributed by atoms with van der Waals surface area (Å²) in [4.78, 5) is 0. The third-order valence-electron chi connectivity index (χ3n) is 3.16. The lowest BCUT2D eigenvalue weighted by Gasteiger charge is -2.28. The van der Waals surface area contributed by atoms with Crippen LogP contribution in [0, 0.1) is 6.92 Å². The third-order valence-corrected chi connectivity index (χ3v) is 6.50. The summed E-state index contributed by atoms with van der Waals surface area (Å²) in [5, 5.41) is 2.25. The number of aryl methyl sites for hydroxylation is 1. The number of hydrogen-bond donors (Lipinski definition) is 0. The molecule has 0 atom stereocenters. The summed E-state index contributed by atoms with van der Waals surface area (Å²) in [5.41, 5.74) is 1.24. The maximum Gasteiger partial charge on any atom is 0.406 e. The zero-order chi connectivity index (χ0) is 13.0. The predicted octanol–water partition coefficient (Wildman–Crippen LogP) is 1.84. The third kappa shape index (κ3) is 2.25. The normalized spacial score (nSPS) is 11.5. The smallest absolute Gasteiger partial charge is 0.391 e. The molecule has 94 valence electrons. The first-order valence-electron chi connectivity index (χ1n) is 5.96. The van der Waals surface area contributed by atoms with Crippen molar-refractivity contribution in [3.8, 4) is 0 Å². The van der Waals surface area contributed by atoms with Gasteiger partial charge in [-0.05, 0) is 17.3 Å². The molecule has 0 spiro atoms. The van der Waals surface area contributed by atoms with Gasteiger partial charge in [0, 0.05) is 14.2 Å². The topological polar surface area (TPSA) is 18.5 Å². The Bertz CT molecular complexity index is 490. The Hall–Kier alpha value is -1.42. The molecule has 0 saturated carbocycles. The molecule has 0 N–H and O–H groups in total. The van der Waals surface area contributed by atoms with Crippen molar-refractivity contribution < 1.29 is 8.85 Å². The van der Waals surface area contributed by atoms with Crippen molar-refractivity contribution >= 4 is 18.9 Å². The van der Waals surface area contributed by atoms with Gasteiger partial charge in [0.1, 0.15) is 0 Å². The Balaban J connectivity index is 2.54. The number of benzene rings is 2. The van der Waals surface area contributed by atoms with Crippen LogP contribution in [0.2, 0.25) is 0 Å². The fraction of sp³-hybridized carbons (Fsp3) is 0.200. The second kappa shape index (κ2) is 5.48. The first kappa shape index (κ1) is 13.0. The molecule has 2 aromatic carbocycles. The minimum Gasteiger partial charge on any atom is -0.391 e. The van der Waals surface area contributed by atoms with Gasteiger partial charge in [-0.2, -0.15) is 0 Å². The van der Waals surface area contributed by atoms with Crippen molar-refractivity contribution in [1.82, 2.24) is 0 Å². The van der Waals surface area contributed by atoms with Crippen LogP contribution in [0.25, 0.3) is 0 Å². The van der Waals surface area contributed by atoms with E-state index in [1.165, 1.54) is 5.56 Å². The van der Waals surface area contributed by atoms with E-state index in [1.54, 1.807) is 14.2 Å². The fourth-order valence-corrected chi connectivity index (χ4v) is 4.83. The van der Waals surface area contributed by atoms with Crippen LogP contribution < -0.4 is 10.4 Å². The van der Waals surface area contributed by atoms with Crippen molar-refractivity contribution in [2.24, 2.45) is 0 Å². The molecule has 0 aliphatic heterocycles. The van der Waals surface area contributed by atoms with Crippen molar-refractivity contribution in [3.63, 3.8) is 0 Å². The molecule has 2 nitrogen and oxygen atoms in total. The van der Waals surface area contributed by atoms with E-state index in [4.69, 9.17) is 8.85 Å². The summed E-state index contributed by atoms with van der Waals surface area (Å²) < 4.78 is 11.6. The maximum atomic E-state index is 5.82. The van der Waals surface area contributed by atoms with E-state index in [0.717, 1.165) is 10.4 Å². The van der Waals surface area contributed by atoms with Crippen LogP contribution in [-0.4, -0.2) is 22.8 Å². The van der Waals surface area contributed by atoms with Gasteiger partial charge in [-0.15, -0.1) is 0 Å². The Morgan fingerprint density at radius 1 is 0.722 bits per heavy atom. The van der Waals surface area contributed by atoms with Crippen LogP contribution in [0.4, 0.5) is 0 Å². The molecule has 0 fully saturated rings. The van der Waals surface area contributed by atoms with E-state index in [9.17, 15) is 0 Å². The monoisotopic (exact) mass is 258 g/mol. The molecule has 0 aliphatic carbocycles. The molecule has 0 heterocycles. The lowest BCUT2D eigenvalue weighted by atomic mass is 10.2. The van der Waals surface area contributed by atoms with E-state index in [0.29, 0.717) is 0 Å². The summed E-state index contributed by atoms with van der Waals surface area (Å²) >= 11 is 0. The minimum absolute atomic E-state index is 1.12. The van der Waals surface area contributed by atoms with Gasteiger partial charge in [-0.25, -0.2) is 0 Å². The van der Waals surface area contributed by atoms with E-state index in [-0.39, 0.29) is 0 Å². The van der Waals surface area contributed by atoms with Gasteiger partial charge in [-0.3, -0.25) is 0 Å². The van der Waals surface area contributed by atoms with E-state index < -0.39 is 8.56 Å². The standard InChI is InChI=1S/C15H18O2Si/c1-13-9-11-15(12-10-13)18(16-2,17-3)14-7-5-4-6-8-14/h4-12H,1-3H3. The molecule has 18 heavy (non-hydrogen) atoms. The van der Waals surface area contributed by atoms with Crippen LogP contribution >= 0.6 is 0 Å². The molecular weight excluding hydrogens is 240 g/mol. The molecule has 3 heteroatoms. The zero-order valence-electron chi connectivity index (χ0n) is 11.0. The largest absolute Gasteiger partial charge is 0.406 e. The van der Waals surface area contributed by atoms with Crippen LogP contribution in [0.3, 0.4) is 0 Å². The summed E-state index contributed by atoms with van der Waals surface area (Å²) in [5.74, 6) is 0. The summed E-state index contributed by atoms with van der Waals surface area (Å²) in [6.45, 7) is 2.08. The van der Waals surface area contributed by atoms with Crippen LogP contribution in [0.5, 0.6) is 0 Å². The molecule has 0 aliphatic rings. The van der Waals surface area contributed by atoms with Gasteiger partial charge < -0.3 is 8.85 Å². The van der Waals surface area contributed by atoms with Gasteiger partial charge in [0.2, 0.25) is 0 Å². The SMILES string of the molecule is CO[Si](OC)(c1ccccc1)c1ccc(C)cc1. The lowest BCUT2D eigenvalue weighted by Crippen LogP contribution is -2.62. The van der Waals surface area contributed by atoms with Gasteiger partial charge in [0.25, 0.3) is 0 Å². The zero-order valence-corrected chi connectivity index (χ0v) is 12.0. The number of rotatable bonds is 4. The van der Waals surface area contributed by atoms with Crippen molar-refractivity contribution in [2.45, 2.75) is 6.92 Å². The Labute approximate surface area is 109 Å². The van der Waals surface area contributed by atoms with E-state index in [1.807, 2.05) is 18.2 Å². The molecule has 2 aromatic rings. The van der Waals surface area contributed by atoms with Crippen LogP contribution in [-0.2, 0) is 8.85 Å². The van der Waals surface area contributed by atoms with Gasteiger partial charge in [-0.1, -0.05) is 60.2 Å². The second-order valence-corrected chi connectivity index (χ2v) is 7.46. The van der Waals surface area contributed by atoms with Crippen LogP contribution in [0.15, 0.2) is 54.6 Å². The summed E-state index contributed by atoms with van der Waals surface area (Å²) in [7, 11) is 0.931. The maximum absolute atomic E-state index is 5.82. The van der Waals surface area contributed by atoms with Crippen molar-refractivity contribution in [2.75, 3.05) is 14.2 Å². The number of hydrogen-bond acceptors (Lipinski definition) is 2. The first-order valence-corrected chi connectivity index (χ1v) is 7.77. The molecule has 2 rings (SSSR count). The van der Waals surface area contributed by atoms with Crippen LogP contribution in [0.1, 0.15) is 5.56 Å². The summed E-state index contributed by atoms with van der Waals surface area (Å²) in [6.07, 6.45) is 0. The molecule has 0 unspecified atom stereocenters. The highest BCUT2D eigenvalue weighted by molar-refractivity contribution is 6.92. The van der Waals surface area contributed by atoms with E-state index >= 15 is 0 Å². The van der Waals surface area contributed by atoms with Gasteiger partial charge >= 0.3 is 8.56 Å². The highest BCUT2D eigenvalue weighted by Gasteiger charge is 2.40. The lowest BCUT2D eigenvalue weighted by molar-refractivity contribution is 0.272. The quantitative estimate of drug-likeness (QED) is 0.779. The van der Waals surface area contributed by atoms with Gasteiger partial charge in [0.15, 0.2) is 0 Å². The second-order valence-electron chi connectivity index (χ2n) is 4.26. The highest BCUT2D eigenvalue weighted by atomic mass is 28.4. The minimum atomic E-state index is -2.52. The fourth-order valence-electron chi connectivity index (χ4n) is 2.15. The van der Waals surface area contributed by atoms with Crippen molar-refractivity contribution in [3.05, 3.63) is 60.2 Å². The molecule has 0 saturated heterocycles. The van der Waals surface area contributed by atoms with Gasteiger partial charge in [0.05, 0.1) is 0 Å². The molecule has 0 amide bonds. The summed E-state index contributed by atoms with van der Waals surface area (Å²) in [6, 6.07) is 18.6. The predicted molar refractivity (Wildman–Crippen MR) is 76.7 cm³/mol. The highest BCUT2D eigenvalue weighted by Crippen LogP contribution is 2.08.